The third-order valence-corrected chi connectivity index (χ3v) is 2.25. The summed E-state index contributed by atoms with van der Waals surface area (Å²) < 4.78 is 0. The highest BCUT2D eigenvalue weighted by atomic mass is 16.6. The minimum atomic E-state index is 0.415. The van der Waals surface area contributed by atoms with Gasteiger partial charge in [0.05, 0.1) is 0 Å². The molecule has 0 spiro atoms. The van der Waals surface area contributed by atoms with Crippen molar-refractivity contribution in [3.05, 3.63) is 35.4 Å². The predicted molar refractivity (Wildman–Crippen MR) is 67.7 cm³/mol. The molecule has 1 aromatic carbocycles. The Kier molecular flexibility index (Phi) is 5.20. The third-order valence-electron chi connectivity index (χ3n) is 2.25. The fourth-order valence-electron chi connectivity index (χ4n) is 1.58. The lowest BCUT2D eigenvalue weighted by Crippen LogP contribution is -2.22. The van der Waals surface area contributed by atoms with Gasteiger partial charge in [-0.05, 0) is 17.9 Å². The zero-order chi connectivity index (χ0) is 12.7. The number of carbonyl (C=O) groups is 1. The number of rotatable bonds is 5. The van der Waals surface area contributed by atoms with Gasteiger partial charge in [0.2, 0.25) is 6.41 Å². The summed E-state index contributed by atoms with van der Waals surface area (Å²) in [4.78, 5) is 15.1. The maximum Gasteiger partial charge on any atom is 0.212 e. The van der Waals surface area contributed by atoms with Crippen molar-refractivity contribution in [2.45, 2.75) is 20.3 Å². The molecule has 4 heteroatoms. The van der Waals surface area contributed by atoms with Gasteiger partial charge in [0.15, 0.2) is 5.84 Å². The van der Waals surface area contributed by atoms with E-state index >= 15 is 0 Å². The average Bonchev–Trinajstić information content (AvgIpc) is 2.29. The number of nitrogens with one attached hydrogen (secondary N) is 1. The van der Waals surface area contributed by atoms with Crippen LogP contribution in [-0.2, 0) is 16.1 Å². The number of amidine groups is 1. The van der Waals surface area contributed by atoms with Crippen LogP contribution in [0.4, 0.5) is 0 Å². The monoisotopic (exact) mass is 234 g/mol. The Morgan fingerprint density at radius 1 is 1.41 bits per heavy atom. The first kappa shape index (κ1) is 13.2. The number of benzene rings is 1. The number of hydrogen-bond acceptors (Lipinski definition) is 3. The molecule has 0 aliphatic rings. The molecule has 1 amide bonds. The Morgan fingerprint density at radius 2 is 2.06 bits per heavy atom. The van der Waals surface area contributed by atoms with Crippen LogP contribution in [-0.4, -0.2) is 19.4 Å². The molecular formula is C13H18N2O2. The summed E-state index contributed by atoms with van der Waals surface area (Å²) in [6, 6.07) is 7.91. The van der Waals surface area contributed by atoms with Crippen LogP contribution in [0, 0.1) is 5.92 Å². The van der Waals surface area contributed by atoms with E-state index in [1.807, 2.05) is 24.3 Å². The lowest BCUT2D eigenvalue weighted by atomic mass is 10.0. The van der Waals surface area contributed by atoms with E-state index in [0.717, 1.165) is 12.0 Å². The number of nitrogens with zero attached hydrogens (tertiary/aromatic N) is 1. The zero-order valence-corrected chi connectivity index (χ0v) is 10.4. The van der Waals surface area contributed by atoms with Crippen LogP contribution in [0.2, 0.25) is 0 Å². The van der Waals surface area contributed by atoms with E-state index in [1.165, 1.54) is 12.7 Å². The quantitative estimate of drug-likeness (QED) is 0.366. The van der Waals surface area contributed by atoms with E-state index in [1.54, 1.807) is 0 Å². The summed E-state index contributed by atoms with van der Waals surface area (Å²) in [6.07, 6.45) is 1.62. The zero-order valence-electron chi connectivity index (χ0n) is 10.4. The third kappa shape index (κ3) is 4.26. The highest BCUT2D eigenvalue weighted by molar-refractivity contribution is 6.03. The van der Waals surface area contributed by atoms with Crippen molar-refractivity contribution in [2.24, 2.45) is 11.1 Å². The van der Waals surface area contributed by atoms with E-state index in [0.29, 0.717) is 18.2 Å². The molecule has 1 N–H and O–H groups in total. The van der Waals surface area contributed by atoms with Crippen molar-refractivity contribution in [1.82, 2.24) is 5.32 Å². The minimum absolute atomic E-state index is 0.415. The van der Waals surface area contributed by atoms with Gasteiger partial charge in [-0.25, -0.2) is 0 Å². The molecule has 0 heterocycles. The molecule has 0 unspecified atom stereocenters. The first-order valence-electron chi connectivity index (χ1n) is 5.58. The van der Waals surface area contributed by atoms with Gasteiger partial charge in [-0.1, -0.05) is 43.3 Å². The summed E-state index contributed by atoms with van der Waals surface area (Å²) in [5, 5.41) is 6.25. The van der Waals surface area contributed by atoms with Gasteiger partial charge in [-0.2, -0.15) is 0 Å². The summed E-state index contributed by atoms with van der Waals surface area (Å²) in [5.41, 5.74) is 2.10. The van der Waals surface area contributed by atoms with Gasteiger partial charge in [0.1, 0.15) is 7.11 Å². The van der Waals surface area contributed by atoms with Crippen molar-refractivity contribution in [1.29, 1.82) is 0 Å². The maximum atomic E-state index is 10.4. The summed E-state index contributed by atoms with van der Waals surface area (Å²) in [6.45, 7) is 4.36. The lowest BCUT2D eigenvalue weighted by Gasteiger charge is -2.07. The van der Waals surface area contributed by atoms with E-state index in [2.05, 4.69) is 29.2 Å². The van der Waals surface area contributed by atoms with Crippen molar-refractivity contribution in [3.63, 3.8) is 0 Å². The molecule has 0 saturated heterocycles. The number of amides is 1. The molecule has 0 aliphatic carbocycles. The standard InChI is InChI=1S/C13H18N2O2/c1-10(2)8-11-4-6-12(7-5-11)13(14-9-16)15-17-3/h4-7,9-10H,8H2,1-3H3,(H,14,15,16). The molecule has 0 saturated carbocycles. The summed E-state index contributed by atoms with van der Waals surface area (Å²) >= 11 is 0. The average molecular weight is 234 g/mol. The van der Waals surface area contributed by atoms with Crippen LogP contribution in [0.25, 0.3) is 0 Å². The van der Waals surface area contributed by atoms with Gasteiger partial charge in [0, 0.05) is 5.56 Å². The second-order valence-corrected chi connectivity index (χ2v) is 4.18. The molecule has 17 heavy (non-hydrogen) atoms. The van der Waals surface area contributed by atoms with Crippen LogP contribution < -0.4 is 5.32 Å². The Hall–Kier alpha value is -1.84. The molecular weight excluding hydrogens is 216 g/mol. The van der Waals surface area contributed by atoms with Crippen molar-refractivity contribution >= 4 is 12.2 Å². The summed E-state index contributed by atoms with van der Waals surface area (Å²) in [7, 11) is 1.44. The van der Waals surface area contributed by atoms with Gasteiger partial charge < -0.3 is 10.2 Å². The molecule has 0 aromatic heterocycles. The highest BCUT2D eigenvalue weighted by Gasteiger charge is 2.04. The summed E-state index contributed by atoms with van der Waals surface area (Å²) in [5.74, 6) is 1.04. The Morgan fingerprint density at radius 3 is 2.53 bits per heavy atom. The fraction of sp³-hybridized carbons (Fsp3) is 0.385. The van der Waals surface area contributed by atoms with Crippen molar-refractivity contribution in [3.8, 4) is 0 Å². The lowest BCUT2D eigenvalue weighted by molar-refractivity contribution is -0.108. The highest BCUT2D eigenvalue weighted by Crippen LogP contribution is 2.10. The largest absolute Gasteiger partial charge is 0.397 e. The molecule has 0 fully saturated rings. The van der Waals surface area contributed by atoms with Crippen LogP contribution in [0.5, 0.6) is 0 Å². The second-order valence-electron chi connectivity index (χ2n) is 4.18. The smallest absolute Gasteiger partial charge is 0.212 e. The van der Waals surface area contributed by atoms with Gasteiger partial charge in [-0.15, -0.1) is 0 Å². The molecule has 1 aromatic rings. The second kappa shape index (κ2) is 6.68. The van der Waals surface area contributed by atoms with Crippen LogP contribution in [0.3, 0.4) is 0 Å². The predicted octanol–water partition coefficient (Wildman–Crippen LogP) is 1.94. The van der Waals surface area contributed by atoms with E-state index in [-0.39, 0.29) is 0 Å². The molecule has 92 valence electrons. The van der Waals surface area contributed by atoms with Crippen molar-refractivity contribution < 1.29 is 9.63 Å². The minimum Gasteiger partial charge on any atom is -0.397 e. The van der Waals surface area contributed by atoms with E-state index in [9.17, 15) is 4.79 Å². The fourth-order valence-corrected chi connectivity index (χ4v) is 1.58. The van der Waals surface area contributed by atoms with E-state index < -0.39 is 0 Å². The molecule has 1 rings (SSSR count). The van der Waals surface area contributed by atoms with Gasteiger partial charge in [0.25, 0.3) is 0 Å². The molecule has 0 radical (unpaired) electrons. The van der Waals surface area contributed by atoms with Crippen LogP contribution in [0.1, 0.15) is 25.0 Å². The van der Waals surface area contributed by atoms with E-state index in [4.69, 9.17) is 0 Å². The Labute approximate surface area is 102 Å². The SMILES string of the molecule is CO/N=C(\NC=O)c1ccc(CC(C)C)cc1. The number of hydrogen-bond donors (Lipinski definition) is 1. The van der Waals surface area contributed by atoms with Crippen LogP contribution in [0.15, 0.2) is 29.4 Å². The molecule has 4 nitrogen and oxygen atoms in total. The normalized spacial score (nSPS) is 11.4. The first-order valence-corrected chi connectivity index (χ1v) is 5.58. The molecule has 0 atom stereocenters. The Bertz CT molecular complexity index is 383. The number of oxime groups is 1. The molecule has 0 bridgehead atoms. The van der Waals surface area contributed by atoms with Gasteiger partial charge in [-0.3, -0.25) is 4.79 Å². The van der Waals surface area contributed by atoms with Crippen LogP contribution >= 0.6 is 0 Å². The molecule has 0 aliphatic heterocycles. The number of carbonyl (C=O) groups excluding carboxylic acids is 1. The van der Waals surface area contributed by atoms with Gasteiger partial charge >= 0.3 is 0 Å². The maximum absolute atomic E-state index is 10.4. The first-order chi connectivity index (χ1) is 8.17. The topological polar surface area (TPSA) is 50.7 Å². The Balaban J connectivity index is 2.84. The van der Waals surface area contributed by atoms with Crippen molar-refractivity contribution in [2.75, 3.05) is 7.11 Å².